The molecule has 0 bridgehead atoms. The van der Waals surface area contributed by atoms with Gasteiger partial charge < -0.3 is 10.2 Å². The molecule has 0 spiro atoms. The number of sulfonamides is 1. The van der Waals surface area contributed by atoms with E-state index in [2.05, 4.69) is 5.32 Å². The molecule has 1 unspecified atom stereocenters. The summed E-state index contributed by atoms with van der Waals surface area (Å²) in [5, 5.41) is 3.39. The third-order valence-corrected chi connectivity index (χ3v) is 8.82. The molecule has 1 atom stereocenters. The van der Waals surface area contributed by atoms with Crippen molar-refractivity contribution in [2.45, 2.75) is 77.9 Å². The molecule has 3 rings (SSSR count). The number of anilines is 1. The summed E-state index contributed by atoms with van der Waals surface area (Å²) in [5.41, 5.74) is 3.60. The number of amides is 2. The van der Waals surface area contributed by atoms with Gasteiger partial charge in [-0.25, -0.2) is 8.42 Å². The fourth-order valence-corrected chi connectivity index (χ4v) is 6.05. The second kappa shape index (κ2) is 13.1. The van der Waals surface area contributed by atoms with Gasteiger partial charge in [0.1, 0.15) is 12.6 Å². The summed E-state index contributed by atoms with van der Waals surface area (Å²) in [5.74, 6) is -0.780. The van der Waals surface area contributed by atoms with Crippen LogP contribution in [0.25, 0.3) is 0 Å². The van der Waals surface area contributed by atoms with Gasteiger partial charge in [-0.3, -0.25) is 13.9 Å². The van der Waals surface area contributed by atoms with Gasteiger partial charge in [0.05, 0.1) is 10.6 Å². The van der Waals surface area contributed by atoms with E-state index in [0.717, 1.165) is 26.6 Å². The molecule has 41 heavy (non-hydrogen) atoms. The Morgan fingerprint density at radius 1 is 0.927 bits per heavy atom. The number of rotatable bonds is 10. The lowest BCUT2D eigenvalue weighted by Gasteiger charge is -2.35. The fourth-order valence-electron chi connectivity index (χ4n) is 4.52. The van der Waals surface area contributed by atoms with Crippen LogP contribution < -0.4 is 9.62 Å². The summed E-state index contributed by atoms with van der Waals surface area (Å²) in [7, 11) is -4.16. The number of carbonyl (C=O) groups is 2. The molecule has 9 heteroatoms. The Hall–Kier alpha value is -3.36. The highest BCUT2D eigenvalue weighted by Crippen LogP contribution is 2.27. The summed E-state index contributed by atoms with van der Waals surface area (Å²) in [6, 6.07) is 18.0. The van der Waals surface area contributed by atoms with Crippen molar-refractivity contribution in [3.63, 3.8) is 0 Å². The minimum Gasteiger partial charge on any atom is -0.350 e. The maximum atomic E-state index is 14.2. The SMILES string of the molecule is CCC(C(=O)NC(C)(C)C)N(Cc1cccc(C)c1)C(=O)CN(c1ccc(C)c(C)c1)S(=O)(=O)c1ccc(Cl)cc1. The number of hydrogen-bond donors (Lipinski definition) is 1. The van der Waals surface area contributed by atoms with Crippen molar-refractivity contribution in [1.29, 1.82) is 0 Å². The fraction of sp³-hybridized carbons (Fsp3) is 0.375. The highest BCUT2D eigenvalue weighted by Gasteiger charge is 2.34. The van der Waals surface area contributed by atoms with E-state index in [4.69, 9.17) is 11.6 Å². The minimum absolute atomic E-state index is 0.00989. The average Bonchev–Trinajstić information content (AvgIpc) is 2.88. The molecule has 0 fully saturated rings. The van der Waals surface area contributed by atoms with Gasteiger partial charge in [-0.2, -0.15) is 0 Å². The molecule has 0 saturated carbocycles. The lowest BCUT2D eigenvalue weighted by Crippen LogP contribution is -2.55. The van der Waals surface area contributed by atoms with Gasteiger partial charge in [0.25, 0.3) is 10.0 Å². The van der Waals surface area contributed by atoms with Crippen molar-refractivity contribution < 1.29 is 18.0 Å². The molecule has 1 N–H and O–H groups in total. The van der Waals surface area contributed by atoms with Crippen molar-refractivity contribution in [3.8, 4) is 0 Å². The Balaban J connectivity index is 2.10. The van der Waals surface area contributed by atoms with Crippen LogP contribution >= 0.6 is 11.6 Å². The van der Waals surface area contributed by atoms with Crippen LogP contribution in [0.2, 0.25) is 5.02 Å². The molecule has 3 aromatic carbocycles. The molecular formula is C32H40ClN3O4S. The van der Waals surface area contributed by atoms with Crippen molar-refractivity contribution in [2.75, 3.05) is 10.8 Å². The second-order valence-electron chi connectivity index (χ2n) is 11.4. The summed E-state index contributed by atoms with van der Waals surface area (Å²) >= 11 is 6.03. The predicted molar refractivity (Wildman–Crippen MR) is 166 cm³/mol. The maximum absolute atomic E-state index is 14.2. The van der Waals surface area contributed by atoms with E-state index in [1.165, 1.54) is 29.2 Å². The van der Waals surface area contributed by atoms with Crippen LogP contribution in [0, 0.1) is 20.8 Å². The predicted octanol–water partition coefficient (Wildman–Crippen LogP) is 6.18. The molecule has 0 aliphatic carbocycles. The molecule has 3 aromatic rings. The van der Waals surface area contributed by atoms with E-state index in [1.807, 2.05) is 78.8 Å². The highest BCUT2D eigenvalue weighted by molar-refractivity contribution is 7.92. The molecule has 0 saturated heterocycles. The topological polar surface area (TPSA) is 86.8 Å². The first kappa shape index (κ1) is 32.2. The minimum atomic E-state index is -4.16. The Kier molecular flexibility index (Phi) is 10.3. The first-order valence-corrected chi connectivity index (χ1v) is 15.5. The number of hydrogen-bond acceptors (Lipinski definition) is 4. The van der Waals surface area contributed by atoms with Gasteiger partial charge >= 0.3 is 0 Å². The Labute approximate surface area is 249 Å². The van der Waals surface area contributed by atoms with Crippen LogP contribution in [-0.2, 0) is 26.2 Å². The molecular weight excluding hydrogens is 558 g/mol. The van der Waals surface area contributed by atoms with E-state index in [9.17, 15) is 18.0 Å². The van der Waals surface area contributed by atoms with Gasteiger partial charge in [0.15, 0.2) is 0 Å². The van der Waals surface area contributed by atoms with E-state index in [-0.39, 0.29) is 17.3 Å². The van der Waals surface area contributed by atoms with Crippen LogP contribution in [0.15, 0.2) is 71.6 Å². The quantitative estimate of drug-likeness (QED) is 0.302. The highest BCUT2D eigenvalue weighted by atomic mass is 35.5. The maximum Gasteiger partial charge on any atom is 0.264 e. The second-order valence-corrected chi connectivity index (χ2v) is 13.7. The molecule has 0 radical (unpaired) electrons. The van der Waals surface area contributed by atoms with E-state index < -0.39 is 34.1 Å². The van der Waals surface area contributed by atoms with E-state index in [1.54, 1.807) is 12.1 Å². The summed E-state index contributed by atoms with van der Waals surface area (Å²) in [6.07, 6.45) is 0.354. The van der Waals surface area contributed by atoms with Crippen LogP contribution in [0.1, 0.15) is 56.4 Å². The van der Waals surface area contributed by atoms with Gasteiger partial charge in [-0.15, -0.1) is 0 Å². The zero-order valence-corrected chi connectivity index (χ0v) is 26.4. The molecule has 0 heterocycles. The molecule has 220 valence electrons. The lowest BCUT2D eigenvalue weighted by molar-refractivity contribution is -0.141. The average molecular weight is 598 g/mol. The number of aryl methyl sites for hydroxylation is 3. The summed E-state index contributed by atoms with van der Waals surface area (Å²) in [4.78, 5) is 29.1. The summed E-state index contributed by atoms with van der Waals surface area (Å²) in [6.45, 7) is 12.9. The normalized spacial score (nSPS) is 12.5. The largest absolute Gasteiger partial charge is 0.350 e. The first-order chi connectivity index (χ1) is 19.1. The van der Waals surface area contributed by atoms with E-state index in [0.29, 0.717) is 17.1 Å². The van der Waals surface area contributed by atoms with Gasteiger partial charge in [-0.1, -0.05) is 54.4 Å². The van der Waals surface area contributed by atoms with E-state index >= 15 is 0 Å². The van der Waals surface area contributed by atoms with Crippen LogP contribution in [0.4, 0.5) is 5.69 Å². The van der Waals surface area contributed by atoms with Crippen molar-refractivity contribution in [2.24, 2.45) is 0 Å². The Morgan fingerprint density at radius 2 is 1.59 bits per heavy atom. The Morgan fingerprint density at radius 3 is 2.15 bits per heavy atom. The van der Waals surface area contributed by atoms with Crippen LogP contribution in [0.5, 0.6) is 0 Å². The standard InChI is InChI=1S/C32H40ClN3O4S/c1-8-29(31(38)34-32(5,6)7)35(20-25-11-9-10-22(2)18-25)30(37)21-36(27-15-12-23(3)24(4)19-27)41(39,40)28-16-13-26(33)14-17-28/h9-19,29H,8,20-21H2,1-7H3,(H,34,38). The molecule has 2 amide bonds. The summed E-state index contributed by atoms with van der Waals surface area (Å²) < 4.78 is 29.1. The number of carbonyl (C=O) groups excluding carboxylic acids is 2. The van der Waals surface area contributed by atoms with Crippen LogP contribution in [0.3, 0.4) is 0 Å². The Bertz CT molecular complexity index is 1500. The third kappa shape index (κ3) is 8.33. The lowest BCUT2D eigenvalue weighted by atomic mass is 10.0. The van der Waals surface area contributed by atoms with Crippen molar-refractivity contribution in [3.05, 3.63) is 94.0 Å². The number of halogens is 1. The zero-order valence-electron chi connectivity index (χ0n) is 24.9. The molecule has 0 aliphatic heterocycles. The number of benzene rings is 3. The van der Waals surface area contributed by atoms with Crippen LogP contribution in [-0.4, -0.2) is 43.3 Å². The van der Waals surface area contributed by atoms with Gasteiger partial charge in [-0.05, 0) is 101 Å². The number of nitrogens with one attached hydrogen (secondary N) is 1. The van der Waals surface area contributed by atoms with Gasteiger partial charge in [0, 0.05) is 17.1 Å². The molecule has 0 aromatic heterocycles. The smallest absolute Gasteiger partial charge is 0.264 e. The third-order valence-electron chi connectivity index (χ3n) is 6.78. The van der Waals surface area contributed by atoms with Gasteiger partial charge in [0.2, 0.25) is 11.8 Å². The number of nitrogens with zero attached hydrogens (tertiary/aromatic N) is 2. The zero-order chi connectivity index (χ0) is 30.5. The first-order valence-electron chi connectivity index (χ1n) is 13.6. The monoisotopic (exact) mass is 597 g/mol. The molecule has 7 nitrogen and oxygen atoms in total. The van der Waals surface area contributed by atoms with Crippen molar-refractivity contribution in [1.82, 2.24) is 10.2 Å². The van der Waals surface area contributed by atoms with Crippen molar-refractivity contribution >= 4 is 39.1 Å². The molecule has 0 aliphatic rings.